The van der Waals surface area contributed by atoms with Crippen LogP contribution in [0.1, 0.15) is 27.7 Å². The van der Waals surface area contributed by atoms with Crippen molar-refractivity contribution in [2.24, 2.45) is 0 Å². The van der Waals surface area contributed by atoms with Crippen LogP contribution in [0.3, 0.4) is 0 Å². The number of hydrogen-bond acceptors (Lipinski definition) is 0. The van der Waals surface area contributed by atoms with Crippen molar-refractivity contribution >= 4 is 0 Å². The first-order valence-corrected chi connectivity index (χ1v) is 1.41. The van der Waals surface area contributed by atoms with Crippen LogP contribution in [0.15, 0.2) is 0 Å². The van der Waals surface area contributed by atoms with Crippen molar-refractivity contribution in [2.75, 3.05) is 0 Å². The first kappa shape index (κ1) is 17.8. The predicted molar refractivity (Wildman–Crippen MR) is 22.7 cm³/mol. The molecule has 0 aromatic carbocycles. The van der Waals surface area contributed by atoms with E-state index in [0.717, 1.165) is 0 Å². The Morgan fingerprint density at radius 2 is 1.20 bits per heavy atom. The van der Waals surface area contributed by atoms with Gasteiger partial charge in [0.1, 0.15) is 0 Å². The summed E-state index contributed by atoms with van der Waals surface area (Å²) >= 11 is 0. The SMILES string of the molecule is C.CCC.[Fe]. The van der Waals surface area contributed by atoms with E-state index < -0.39 is 0 Å². The zero-order valence-electron chi connectivity index (χ0n) is 3.06. The molecule has 0 saturated carbocycles. The van der Waals surface area contributed by atoms with Gasteiger partial charge in [-0.3, -0.25) is 0 Å². The molecule has 0 amide bonds. The summed E-state index contributed by atoms with van der Waals surface area (Å²) < 4.78 is 0. The van der Waals surface area contributed by atoms with Gasteiger partial charge in [-0.2, -0.15) is 0 Å². The Bertz CT molecular complexity index is 3.61. The molecule has 0 unspecified atom stereocenters. The summed E-state index contributed by atoms with van der Waals surface area (Å²) in [4.78, 5) is 0. The van der Waals surface area contributed by atoms with Crippen molar-refractivity contribution in [2.45, 2.75) is 27.7 Å². The Morgan fingerprint density at radius 1 is 1.20 bits per heavy atom. The summed E-state index contributed by atoms with van der Waals surface area (Å²) in [5.41, 5.74) is 0. The molecule has 0 spiro atoms. The van der Waals surface area contributed by atoms with Gasteiger partial charge in [0.15, 0.2) is 0 Å². The van der Waals surface area contributed by atoms with Gasteiger partial charge in [-0.05, 0) is 0 Å². The monoisotopic (exact) mass is 116 g/mol. The van der Waals surface area contributed by atoms with Gasteiger partial charge in [0.25, 0.3) is 0 Å². The quantitative estimate of drug-likeness (QED) is 0.425. The van der Waals surface area contributed by atoms with Crippen molar-refractivity contribution in [3.05, 3.63) is 0 Å². The van der Waals surface area contributed by atoms with Crippen LogP contribution in [0.2, 0.25) is 0 Å². The molecule has 36 valence electrons. The van der Waals surface area contributed by atoms with E-state index >= 15 is 0 Å². The summed E-state index contributed by atoms with van der Waals surface area (Å²) in [6.07, 6.45) is 1.25. The molecule has 0 aromatic heterocycles. The fraction of sp³-hybridized carbons (Fsp3) is 1.00. The molecule has 0 rings (SSSR count). The van der Waals surface area contributed by atoms with Crippen LogP contribution < -0.4 is 0 Å². The molecule has 5 heavy (non-hydrogen) atoms. The Kier molecular flexibility index (Phi) is 86.1. The van der Waals surface area contributed by atoms with Gasteiger partial charge in [0.05, 0.1) is 0 Å². The molecule has 0 aromatic rings. The van der Waals surface area contributed by atoms with Gasteiger partial charge < -0.3 is 0 Å². The summed E-state index contributed by atoms with van der Waals surface area (Å²) in [5.74, 6) is 0. The van der Waals surface area contributed by atoms with E-state index in [4.69, 9.17) is 0 Å². The van der Waals surface area contributed by atoms with E-state index in [0.29, 0.717) is 0 Å². The molecular weight excluding hydrogens is 104 g/mol. The fourth-order valence-electron chi connectivity index (χ4n) is 0. The third kappa shape index (κ3) is 106. The van der Waals surface area contributed by atoms with Crippen molar-refractivity contribution in [1.82, 2.24) is 0 Å². The van der Waals surface area contributed by atoms with E-state index in [2.05, 4.69) is 13.8 Å². The zero-order chi connectivity index (χ0) is 2.71. The predicted octanol–water partition coefficient (Wildman–Crippen LogP) is 2.05. The zero-order valence-corrected chi connectivity index (χ0v) is 4.16. The van der Waals surface area contributed by atoms with Crippen molar-refractivity contribution in [3.63, 3.8) is 0 Å². The molecule has 0 saturated heterocycles. The van der Waals surface area contributed by atoms with Crippen molar-refractivity contribution in [1.29, 1.82) is 0 Å². The molecule has 0 heterocycles. The molecule has 0 aliphatic rings. The standard InChI is InChI=1S/C3H8.CH4.Fe/c1-3-2;;/h3H2,1-2H3;1H4;. The molecule has 0 nitrogen and oxygen atoms in total. The van der Waals surface area contributed by atoms with Gasteiger partial charge >= 0.3 is 0 Å². The maximum Gasteiger partial charge on any atom is 0 e. The maximum absolute atomic E-state index is 2.12. The molecular formula is C4H12Fe. The van der Waals surface area contributed by atoms with Gasteiger partial charge in [-0.1, -0.05) is 27.7 Å². The molecule has 0 fully saturated rings. The summed E-state index contributed by atoms with van der Waals surface area (Å²) in [6, 6.07) is 0. The minimum absolute atomic E-state index is 0. The van der Waals surface area contributed by atoms with E-state index in [1.54, 1.807) is 0 Å². The average molecular weight is 116 g/mol. The van der Waals surface area contributed by atoms with Crippen LogP contribution >= 0.6 is 0 Å². The van der Waals surface area contributed by atoms with Gasteiger partial charge in [0.2, 0.25) is 0 Å². The second-order valence-corrected chi connectivity index (χ2v) is 0.707. The third-order valence-electron chi connectivity index (χ3n) is 0. The topological polar surface area (TPSA) is 0 Å². The van der Waals surface area contributed by atoms with Crippen LogP contribution in [-0.2, 0) is 17.1 Å². The number of rotatable bonds is 0. The minimum Gasteiger partial charge on any atom is -0.0776 e. The van der Waals surface area contributed by atoms with Crippen LogP contribution in [0.4, 0.5) is 0 Å². The molecule has 1 heteroatoms. The second kappa shape index (κ2) is 24.2. The Morgan fingerprint density at radius 3 is 1.20 bits per heavy atom. The van der Waals surface area contributed by atoms with Crippen molar-refractivity contribution in [3.8, 4) is 0 Å². The van der Waals surface area contributed by atoms with Crippen LogP contribution in [0, 0.1) is 0 Å². The van der Waals surface area contributed by atoms with E-state index in [9.17, 15) is 0 Å². The first-order valence-electron chi connectivity index (χ1n) is 1.41. The van der Waals surface area contributed by atoms with Crippen LogP contribution in [-0.4, -0.2) is 0 Å². The molecule has 0 bridgehead atoms. The number of hydrogen-bond donors (Lipinski definition) is 0. The van der Waals surface area contributed by atoms with E-state index in [-0.39, 0.29) is 24.5 Å². The molecule has 0 aliphatic heterocycles. The molecule has 0 radical (unpaired) electrons. The second-order valence-electron chi connectivity index (χ2n) is 0.707. The smallest absolute Gasteiger partial charge is 0 e. The Hall–Kier alpha value is 0.519. The van der Waals surface area contributed by atoms with E-state index in [1.807, 2.05) is 0 Å². The van der Waals surface area contributed by atoms with Gasteiger partial charge in [-0.15, -0.1) is 0 Å². The van der Waals surface area contributed by atoms with Crippen LogP contribution in [0.5, 0.6) is 0 Å². The molecule has 0 aliphatic carbocycles. The minimum atomic E-state index is 0. The van der Waals surface area contributed by atoms with Gasteiger partial charge in [-0.25, -0.2) is 0 Å². The maximum atomic E-state index is 2.12. The summed E-state index contributed by atoms with van der Waals surface area (Å²) in [5, 5.41) is 0. The molecule has 0 N–H and O–H groups in total. The summed E-state index contributed by atoms with van der Waals surface area (Å²) in [7, 11) is 0. The Balaban J connectivity index is -0.0000000200. The average Bonchev–Trinajstić information content (AvgIpc) is 0.918. The Labute approximate surface area is 45.4 Å². The molecule has 0 atom stereocenters. The van der Waals surface area contributed by atoms with Crippen LogP contribution in [0.25, 0.3) is 0 Å². The normalized spacial score (nSPS) is 3.60. The van der Waals surface area contributed by atoms with E-state index in [1.165, 1.54) is 6.42 Å². The largest absolute Gasteiger partial charge is 0.0776 e. The van der Waals surface area contributed by atoms with Crippen molar-refractivity contribution < 1.29 is 17.1 Å². The summed E-state index contributed by atoms with van der Waals surface area (Å²) in [6.45, 7) is 4.25. The first-order chi connectivity index (χ1) is 1.41. The fourth-order valence-corrected chi connectivity index (χ4v) is 0. The third-order valence-corrected chi connectivity index (χ3v) is 0. The van der Waals surface area contributed by atoms with Gasteiger partial charge in [0, 0.05) is 17.1 Å².